The van der Waals surface area contributed by atoms with E-state index in [0.717, 1.165) is 51.9 Å². The molecular weight excluding hydrogens is 535 g/mol. The molecule has 0 unspecified atom stereocenters. The molecule has 1 saturated heterocycles. The van der Waals surface area contributed by atoms with Crippen LogP contribution in [0.15, 0.2) is 30.7 Å². The zero-order chi connectivity index (χ0) is 28.9. The van der Waals surface area contributed by atoms with Gasteiger partial charge in [0.2, 0.25) is 10.0 Å². The van der Waals surface area contributed by atoms with Gasteiger partial charge in [-0.1, -0.05) is 0 Å². The zero-order valence-electron chi connectivity index (χ0n) is 23.8. The number of benzene rings is 1. The van der Waals surface area contributed by atoms with Gasteiger partial charge in [-0.25, -0.2) is 27.5 Å². The summed E-state index contributed by atoms with van der Waals surface area (Å²) in [4.78, 5) is 25.5. The molecule has 2 fully saturated rings. The first-order valence-corrected chi connectivity index (χ1v) is 15.9. The minimum absolute atomic E-state index is 0.0391. The second-order valence-corrected chi connectivity index (χ2v) is 13.0. The number of hydrogen-bond acceptors (Lipinski definition) is 8. The molecule has 1 amide bonds. The normalized spacial score (nSPS) is 19.9. The van der Waals surface area contributed by atoms with Crippen LogP contribution in [0, 0.1) is 17.7 Å². The molecule has 1 aromatic heterocycles. The smallest absolute Gasteiger partial charge is 0.257 e. The van der Waals surface area contributed by atoms with Crippen molar-refractivity contribution in [3.05, 3.63) is 42.1 Å². The number of nitrogens with zero attached hydrogens (tertiary/aromatic N) is 4. The molecule has 12 heteroatoms. The Kier molecular flexibility index (Phi) is 9.96. The highest BCUT2D eigenvalue weighted by molar-refractivity contribution is 7.88. The number of rotatable bonds is 12. The summed E-state index contributed by atoms with van der Waals surface area (Å²) in [6, 6.07) is 3.98. The van der Waals surface area contributed by atoms with Crippen molar-refractivity contribution >= 4 is 21.7 Å². The van der Waals surface area contributed by atoms with Gasteiger partial charge in [-0.3, -0.25) is 4.79 Å². The lowest BCUT2D eigenvalue weighted by molar-refractivity contribution is 0.0713. The summed E-state index contributed by atoms with van der Waals surface area (Å²) < 4.78 is 45.9. The molecule has 10 nitrogen and oxygen atoms in total. The third-order valence-corrected chi connectivity index (χ3v) is 8.39. The molecule has 1 aliphatic carbocycles. The quantitative estimate of drug-likeness (QED) is 0.395. The van der Waals surface area contributed by atoms with Crippen LogP contribution >= 0.6 is 0 Å². The maximum absolute atomic E-state index is 14.1. The third-order valence-electron chi connectivity index (χ3n) is 7.63. The molecule has 0 atom stereocenters. The van der Waals surface area contributed by atoms with E-state index in [1.807, 2.05) is 20.8 Å². The van der Waals surface area contributed by atoms with E-state index in [-0.39, 0.29) is 29.3 Å². The van der Waals surface area contributed by atoms with Crippen molar-refractivity contribution < 1.29 is 22.3 Å². The van der Waals surface area contributed by atoms with E-state index in [4.69, 9.17) is 4.74 Å². The largest absolute Gasteiger partial charge is 0.451 e. The van der Waals surface area contributed by atoms with E-state index in [0.29, 0.717) is 29.9 Å². The van der Waals surface area contributed by atoms with E-state index in [1.165, 1.54) is 30.8 Å². The fraction of sp³-hybridized carbons (Fsp3) is 0.607. The van der Waals surface area contributed by atoms with Gasteiger partial charge in [0.1, 0.15) is 17.9 Å². The number of sulfonamides is 1. The average molecular weight is 577 g/mol. The van der Waals surface area contributed by atoms with Gasteiger partial charge >= 0.3 is 0 Å². The lowest BCUT2D eigenvalue weighted by Crippen LogP contribution is -2.51. The summed E-state index contributed by atoms with van der Waals surface area (Å²) in [5.74, 6) is 1.54. The Balaban J connectivity index is 1.30. The molecule has 1 saturated carbocycles. The van der Waals surface area contributed by atoms with Gasteiger partial charge < -0.3 is 19.9 Å². The molecule has 1 aliphatic heterocycles. The van der Waals surface area contributed by atoms with E-state index in [1.54, 1.807) is 11.1 Å². The van der Waals surface area contributed by atoms with Crippen LogP contribution in [-0.2, 0) is 10.0 Å². The van der Waals surface area contributed by atoms with Crippen LogP contribution < -0.4 is 19.7 Å². The van der Waals surface area contributed by atoms with Crippen LogP contribution in [0.2, 0.25) is 0 Å². The molecule has 0 radical (unpaired) electrons. The number of ether oxygens (including phenoxy) is 1. The molecule has 2 heterocycles. The SMILES string of the molecule is CCN(C(=O)c1cc(F)ccc1Oc1cncnc1N1CC(CNCC2CCC(NS(C)(=O)=O)CC2)C1)C(C)C. The molecule has 40 heavy (non-hydrogen) atoms. The third kappa shape index (κ3) is 7.88. The molecule has 220 valence electrons. The Morgan fingerprint density at radius 1 is 1.15 bits per heavy atom. The minimum Gasteiger partial charge on any atom is -0.451 e. The molecule has 2 N–H and O–H groups in total. The van der Waals surface area contributed by atoms with Crippen LogP contribution in [0.4, 0.5) is 10.2 Å². The summed E-state index contributed by atoms with van der Waals surface area (Å²) in [6.07, 6.45) is 8.04. The highest BCUT2D eigenvalue weighted by Crippen LogP contribution is 2.35. The minimum atomic E-state index is -3.15. The van der Waals surface area contributed by atoms with Crippen molar-refractivity contribution in [3.8, 4) is 11.5 Å². The topological polar surface area (TPSA) is 117 Å². The summed E-state index contributed by atoms with van der Waals surface area (Å²) in [5.41, 5.74) is 0.164. The van der Waals surface area contributed by atoms with E-state index in [2.05, 4.69) is 24.9 Å². The number of nitrogens with one attached hydrogen (secondary N) is 2. The highest BCUT2D eigenvalue weighted by Gasteiger charge is 2.31. The van der Waals surface area contributed by atoms with Crippen LogP contribution in [0.3, 0.4) is 0 Å². The number of aromatic nitrogens is 2. The highest BCUT2D eigenvalue weighted by atomic mass is 32.2. The van der Waals surface area contributed by atoms with Crippen LogP contribution in [-0.4, -0.2) is 80.3 Å². The molecule has 2 aromatic rings. The first-order chi connectivity index (χ1) is 19.0. The maximum atomic E-state index is 14.1. The summed E-state index contributed by atoms with van der Waals surface area (Å²) >= 11 is 0. The van der Waals surface area contributed by atoms with E-state index >= 15 is 0 Å². The van der Waals surface area contributed by atoms with E-state index in [9.17, 15) is 17.6 Å². The Hall–Kier alpha value is -2.83. The monoisotopic (exact) mass is 576 g/mol. The number of hydrogen-bond donors (Lipinski definition) is 2. The van der Waals surface area contributed by atoms with Crippen molar-refractivity contribution in [2.45, 2.75) is 58.5 Å². The van der Waals surface area contributed by atoms with Gasteiger partial charge in [0, 0.05) is 44.2 Å². The Bertz CT molecular complexity index is 1260. The number of anilines is 1. The number of halogens is 1. The van der Waals surface area contributed by atoms with Gasteiger partial charge in [-0.15, -0.1) is 0 Å². The van der Waals surface area contributed by atoms with Gasteiger partial charge in [0.25, 0.3) is 5.91 Å². The number of amides is 1. The Labute approximate surface area is 236 Å². The van der Waals surface area contributed by atoms with Crippen molar-refractivity contribution in [1.82, 2.24) is 24.9 Å². The van der Waals surface area contributed by atoms with Crippen molar-refractivity contribution in [1.29, 1.82) is 0 Å². The van der Waals surface area contributed by atoms with Crippen molar-refractivity contribution in [2.75, 3.05) is 43.9 Å². The molecule has 4 rings (SSSR count). The fourth-order valence-corrected chi connectivity index (χ4v) is 6.39. The second-order valence-electron chi connectivity index (χ2n) is 11.2. The summed E-state index contributed by atoms with van der Waals surface area (Å²) in [5, 5.41) is 3.59. The first-order valence-electron chi connectivity index (χ1n) is 14.0. The van der Waals surface area contributed by atoms with Crippen LogP contribution in [0.25, 0.3) is 0 Å². The maximum Gasteiger partial charge on any atom is 0.257 e. The Morgan fingerprint density at radius 3 is 2.50 bits per heavy atom. The molecule has 0 spiro atoms. The molecule has 2 aliphatic rings. The van der Waals surface area contributed by atoms with Crippen molar-refractivity contribution in [2.24, 2.45) is 11.8 Å². The van der Waals surface area contributed by atoms with Crippen LogP contribution in [0.1, 0.15) is 56.8 Å². The van der Waals surface area contributed by atoms with Crippen LogP contribution in [0.5, 0.6) is 11.5 Å². The summed E-state index contributed by atoms with van der Waals surface area (Å²) in [6.45, 7) is 9.65. The lowest BCUT2D eigenvalue weighted by atomic mass is 9.86. The standard InChI is InChI=1S/C28H41FN6O4S/c1-5-35(19(2)3)28(36)24-12-22(29)8-11-25(24)39-26-15-31-18-32-27(26)34-16-21(17-34)14-30-13-20-6-9-23(10-7-20)33-40(4,37)38/h8,11-12,15,18-21,23,30,33H,5-7,9-10,13-14,16-17H2,1-4H3. The first kappa shape index (κ1) is 30.1. The van der Waals surface area contributed by atoms with Crippen molar-refractivity contribution in [3.63, 3.8) is 0 Å². The van der Waals surface area contributed by atoms with Gasteiger partial charge in [0.15, 0.2) is 11.6 Å². The number of carbonyl (C=O) groups is 1. The Morgan fingerprint density at radius 2 is 1.85 bits per heavy atom. The molecule has 0 bridgehead atoms. The predicted molar refractivity (Wildman–Crippen MR) is 153 cm³/mol. The molecular formula is C28H41FN6O4S. The predicted octanol–water partition coefficient (Wildman–Crippen LogP) is 3.41. The fourth-order valence-electron chi connectivity index (χ4n) is 5.55. The van der Waals surface area contributed by atoms with Gasteiger partial charge in [-0.2, -0.15) is 0 Å². The molecule has 1 aromatic carbocycles. The lowest BCUT2D eigenvalue weighted by Gasteiger charge is -2.41. The summed E-state index contributed by atoms with van der Waals surface area (Å²) in [7, 11) is -3.15. The van der Waals surface area contributed by atoms with E-state index < -0.39 is 15.8 Å². The number of carbonyl (C=O) groups excluding carboxylic acids is 1. The zero-order valence-corrected chi connectivity index (χ0v) is 24.6. The van der Waals surface area contributed by atoms with Gasteiger partial charge in [0.05, 0.1) is 18.0 Å². The van der Waals surface area contributed by atoms with Gasteiger partial charge in [-0.05, 0) is 77.1 Å². The average Bonchev–Trinajstić information content (AvgIpc) is 2.87. The second kappa shape index (κ2) is 13.2.